The highest BCUT2D eigenvalue weighted by molar-refractivity contribution is 6.58. The summed E-state index contributed by atoms with van der Waals surface area (Å²) in [6, 6.07) is 5.87. The zero-order chi connectivity index (χ0) is 11.4. The molecule has 0 spiro atoms. The van der Waals surface area contributed by atoms with E-state index in [2.05, 4.69) is 0 Å². The molecule has 0 unspecified atom stereocenters. The topological polar surface area (TPSA) is 87.0 Å². The second-order valence-corrected chi connectivity index (χ2v) is 3.04. The molecule has 1 aromatic carbocycles. The summed E-state index contributed by atoms with van der Waals surface area (Å²) in [7, 11) is -1.53. The van der Waals surface area contributed by atoms with Gasteiger partial charge in [0.15, 0.2) is 6.10 Å². The summed E-state index contributed by atoms with van der Waals surface area (Å²) in [5, 5.41) is 26.2. The minimum Gasteiger partial charge on any atom is -0.479 e. The van der Waals surface area contributed by atoms with Gasteiger partial charge in [-0.1, -0.05) is 12.1 Å². The van der Waals surface area contributed by atoms with Crippen molar-refractivity contribution in [1.29, 1.82) is 0 Å². The Morgan fingerprint density at radius 1 is 1.33 bits per heavy atom. The van der Waals surface area contributed by atoms with E-state index in [0.717, 1.165) is 0 Å². The number of carboxylic acid groups (broad SMARTS) is 1. The molecule has 0 amide bonds. The monoisotopic (exact) mass is 210 g/mol. The summed E-state index contributed by atoms with van der Waals surface area (Å²) < 4.78 is 5.05. The number of carbonyl (C=O) groups is 1. The molecule has 6 heteroatoms. The van der Waals surface area contributed by atoms with E-state index in [4.69, 9.17) is 19.9 Å². The molecule has 0 heterocycles. The number of hydrogen-bond donors (Lipinski definition) is 3. The maximum atomic E-state index is 10.5. The van der Waals surface area contributed by atoms with Gasteiger partial charge < -0.3 is 19.9 Å². The minimum absolute atomic E-state index is 0.324. The number of ether oxygens (including phenoxy) is 1. The van der Waals surface area contributed by atoms with Crippen molar-refractivity contribution >= 4 is 18.6 Å². The first-order valence-electron chi connectivity index (χ1n) is 4.36. The molecule has 1 rings (SSSR count). The molecule has 1 atom stereocenters. The van der Waals surface area contributed by atoms with Crippen LogP contribution in [-0.2, 0) is 4.79 Å². The van der Waals surface area contributed by atoms with Gasteiger partial charge in [0.1, 0.15) is 5.75 Å². The summed E-state index contributed by atoms with van der Waals surface area (Å²) in [6.07, 6.45) is -0.935. The summed E-state index contributed by atoms with van der Waals surface area (Å²) in [5.41, 5.74) is 0.324. The smallest absolute Gasteiger partial charge is 0.479 e. The molecular formula is C9H11BO5. The van der Waals surface area contributed by atoms with Crippen LogP contribution in [0.15, 0.2) is 24.3 Å². The van der Waals surface area contributed by atoms with Gasteiger partial charge in [-0.05, 0) is 24.5 Å². The van der Waals surface area contributed by atoms with Crippen molar-refractivity contribution in [1.82, 2.24) is 0 Å². The van der Waals surface area contributed by atoms with E-state index >= 15 is 0 Å². The lowest BCUT2D eigenvalue weighted by Gasteiger charge is -2.10. The molecule has 0 aliphatic heterocycles. The fourth-order valence-corrected chi connectivity index (χ4v) is 0.973. The van der Waals surface area contributed by atoms with Crippen LogP contribution in [0, 0.1) is 0 Å². The highest BCUT2D eigenvalue weighted by Crippen LogP contribution is 2.10. The van der Waals surface area contributed by atoms with Crippen LogP contribution in [0.3, 0.4) is 0 Å². The fourth-order valence-electron chi connectivity index (χ4n) is 0.973. The number of benzene rings is 1. The van der Waals surface area contributed by atoms with Gasteiger partial charge in [0.25, 0.3) is 0 Å². The Morgan fingerprint density at radius 3 is 2.27 bits per heavy atom. The predicted molar refractivity (Wildman–Crippen MR) is 54.0 cm³/mol. The Balaban J connectivity index is 2.68. The number of aliphatic carboxylic acids is 1. The van der Waals surface area contributed by atoms with Crippen LogP contribution in [0.5, 0.6) is 5.75 Å². The van der Waals surface area contributed by atoms with Gasteiger partial charge in [0.2, 0.25) is 0 Å². The van der Waals surface area contributed by atoms with Gasteiger partial charge >= 0.3 is 13.1 Å². The van der Waals surface area contributed by atoms with Gasteiger partial charge in [-0.15, -0.1) is 0 Å². The molecule has 5 nitrogen and oxygen atoms in total. The third-order valence-corrected chi connectivity index (χ3v) is 1.84. The Labute approximate surface area is 87.1 Å². The van der Waals surface area contributed by atoms with Crippen LogP contribution < -0.4 is 10.2 Å². The Morgan fingerprint density at radius 2 is 1.87 bits per heavy atom. The SMILES string of the molecule is C[C@@H](Oc1ccc(B(O)O)cc1)C(=O)O. The molecule has 1 aromatic rings. The first-order valence-corrected chi connectivity index (χ1v) is 4.36. The summed E-state index contributed by atoms with van der Waals surface area (Å²) in [5.74, 6) is -0.685. The zero-order valence-electron chi connectivity index (χ0n) is 8.12. The Kier molecular flexibility index (Phi) is 3.71. The third kappa shape index (κ3) is 3.27. The lowest BCUT2D eigenvalue weighted by atomic mass is 9.80. The summed E-state index contributed by atoms with van der Waals surface area (Å²) in [4.78, 5) is 10.5. The second-order valence-electron chi connectivity index (χ2n) is 3.04. The average Bonchev–Trinajstić information content (AvgIpc) is 2.18. The predicted octanol–water partition coefficient (Wildman–Crippen LogP) is -0.782. The highest BCUT2D eigenvalue weighted by Gasteiger charge is 2.14. The number of carboxylic acids is 1. The number of hydrogen-bond acceptors (Lipinski definition) is 4. The van der Waals surface area contributed by atoms with Crippen LogP contribution >= 0.6 is 0 Å². The third-order valence-electron chi connectivity index (χ3n) is 1.84. The molecule has 80 valence electrons. The Bertz CT molecular complexity index is 335. The zero-order valence-corrected chi connectivity index (χ0v) is 8.12. The van der Waals surface area contributed by atoms with E-state index in [-0.39, 0.29) is 0 Å². The molecule has 0 aromatic heterocycles. The normalized spacial score (nSPS) is 11.9. The standard InChI is InChI=1S/C9H11BO5/c1-6(9(11)12)15-8-4-2-7(3-5-8)10(13)14/h2-6,13-14H,1H3,(H,11,12)/t6-/m1/s1. The average molecular weight is 210 g/mol. The molecular weight excluding hydrogens is 199 g/mol. The molecule has 0 bridgehead atoms. The maximum Gasteiger partial charge on any atom is 0.488 e. The van der Waals surface area contributed by atoms with Gasteiger partial charge in [-0.25, -0.2) is 4.79 Å². The van der Waals surface area contributed by atoms with E-state index in [9.17, 15) is 4.79 Å². The first-order chi connectivity index (χ1) is 7.00. The molecule has 0 fully saturated rings. The van der Waals surface area contributed by atoms with Gasteiger partial charge in [-0.3, -0.25) is 0 Å². The molecule has 0 aliphatic rings. The fraction of sp³-hybridized carbons (Fsp3) is 0.222. The molecule has 0 radical (unpaired) electrons. The molecule has 0 aliphatic carbocycles. The van der Waals surface area contributed by atoms with Crippen molar-refractivity contribution in [3.05, 3.63) is 24.3 Å². The minimum atomic E-state index is -1.53. The molecule has 15 heavy (non-hydrogen) atoms. The largest absolute Gasteiger partial charge is 0.488 e. The summed E-state index contributed by atoms with van der Waals surface area (Å²) in [6.45, 7) is 1.41. The van der Waals surface area contributed by atoms with Crippen molar-refractivity contribution in [2.75, 3.05) is 0 Å². The van der Waals surface area contributed by atoms with Gasteiger partial charge in [0.05, 0.1) is 0 Å². The van der Waals surface area contributed by atoms with Gasteiger partial charge in [0, 0.05) is 0 Å². The van der Waals surface area contributed by atoms with Crippen LogP contribution in [0.4, 0.5) is 0 Å². The lowest BCUT2D eigenvalue weighted by molar-refractivity contribution is -0.144. The van der Waals surface area contributed by atoms with E-state index in [1.165, 1.54) is 31.2 Å². The van der Waals surface area contributed by atoms with Crippen LogP contribution in [0.2, 0.25) is 0 Å². The molecule has 0 saturated heterocycles. The van der Waals surface area contributed by atoms with Crippen molar-refractivity contribution < 1.29 is 24.7 Å². The van der Waals surface area contributed by atoms with Gasteiger partial charge in [-0.2, -0.15) is 0 Å². The number of rotatable bonds is 4. The maximum absolute atomic E-state index is 10.5. The van der Waals surface area contributed by atoms with Crippen LogP contribution in [0.25, 0.3) is 0 Å². The second kappa shape index (κ2) is 4.81. The molecule has 0 saturated carbocycles. The molecule has 3 N–H and O–H groups in total. The first kappa shape index (κ1) is 11.5. The van der Waals surface area contributed by atoms with Crippen molar-refractivity contribution in [2.24, 2.45) is 0 Å². The van der Waals surface area contributed by atoms with Crippen molar-refractivity contribution in [3.8, 4) is 5.75 Å². The van der Waals surface area contributed by atoms with E-state index in [1.54, 1.807) is 0 Å². The van der Waals surface area contributed by atoms with Crippen LogP contribution in [0.1, 0.15) is 6.92 Å². The quantitative estimate of drug-likeness (QED) is 0.567. The summed E-state index contributed by atoms with van der Waals surface area (Å²) >= 11 is 0. The van der Waals surface area contributed by atoms with E-state index < -0.39 is 19.2 Å². The van der Waals surface area contributed by atoms with Crippen LogP contribution in [-0.4, -0.2) is 34.3 Å². The Hall–Kier alpha value is -1.53. The highest BCUT2D eigenvalue weighted by atomic mass is 16.5. The van der Waals surface area contributed by atoms with Crippen molar-refractivity contribution in [2.45, 2.75) is 13.0 Å². The lowest BCUT2D eigenvalue weighted by Crippen LogP contribution is -2.29. The van der Waals surface area contributed by atoms with E-state index in [1.807, 2.05) is 0 Å². The van der Waals surface area contributed by atoms with Crippen molar-refractivity contribution in [3.63, 3.8) is 0 Å². The van der Waals surface area contributed by atoms with E-state index in [0.29, 0.717) is 11.2 Å².